The molecule has 0 spiro atoms. The van der Waals surface area contributed by atoms with E-state index in [1.807, 2.05) is 0 Å². The fourth-order valence-electron chi connectivity index (χ4n) is 1.42. The molecule has 0 atom stereocenters. The minimum Gasteiger partial charge on any atom is -0.325 e. The molecule has 0 saturated carbocycles. The zero-order valence-corrected chi connectivity index (χ0v) is 11.3. The molecule has 0 bridgehead atoms. The average molecular weight is 296 g/mol. The van der Waals surface area contributed by atoms with Gasteiger partial charge in [0, 0.05) is 0 Å². The van der Waals surface area contributed by atoms with E-state index in [9.17, 15) is 21.6 Å². The first-order valence-corrected chi connectivity index (χ1v) is 6.92. The zero-order valence-electron chi connectivity index (χ0n) is 10.5. The number of nitrogens with one attached hydrogen (secondary N) is 1. The van der Waals surface area contributed by atoms with Gasteiger partial charge in [0.05, 0.1) is 18.0 Å². The summed E-state index contributed by atoms with van der Waals surface area (Å²) in [6.45, 7) is 0.740. The third kappa shape index (κ3) is 3.92. The first-order valence-electron chi connectivity index (χ1n) is 5.43. The second kappa shape index (κ2) is 5.48. The van der Waals surface area contributed by atoms with Crippen molar-refractivity contribution in [2.75, 3.05) is 13.1 Å². The van der Waals surface area contributed by atoms with Crippen LogP contribution in [0.4, 0.5) is 13.2 Å². The van der Waals surface area contributed by atoms with Crippen LogP contribution in [-0.2, 0) is 10.0 Å². The molecule has 19 heavy (non-hydrogen) atoms. The monoisotopic (exact) mass is 296 g/mol. The molecular weight excluding hydrogens is 281 g/mol. The summed E-state index contributed by atoms with van der Waals surface area (Å²) in [6.07, 6.45) is 0. The van der Waals surface area contributed by atoms with Gasteiger partial charge in [-0.1, -0.05) is 0 Å². The molecule has 0 unspecified atom stereocenters. The van der Waals surface area contributed by atoms with Crippen molar-refractivity contribution in [3.63, 3.8) is 0 Å². The van der Waals surface area contributed by atoms with Gasteiger partial charge in [0.1, 0.15) is 5.82 Å². The van der Waals surface area contributed by atoms with Crippen molar-refractivity contribution in [3.05, 3.63) is 29.1 Å². The minimum absolute atomic E-state index is 0.131. The van der Waals surface area contributed by atoms with Gasteiger partial charge in [-0.15, -0.1) is 0 Å². The Bertz CT molecular complexity index is 550. The maximum absolute atomic E-state index is 13.4. The quantitative estimate of drug-likeness (QED) is 0.860. The summed E-state index contributed by atoms with van der Waals surface area (Å²) in [5.74, 6) is -3.84. The number of hydrogen-bond acceptors (Lipinski definition) is 3. The summed E-state index contributed by atoms with van der Waals surface area (Å²) >= 11 is 0. The number of sulfonamides is 1. The van der Waals surface area contributed by atoms with Crippen LogP contribution in [0, 0.1) is 19.7 Å². The lowest BCUT2D eigenvalue weighted by Crippen LogP contribution is -2.41. The van der Waals surface area contributed by atoms with Crippen LogP contribution < -0.4 is 10.5 Å². The Balaban J connectivity index is 3.02. The van der Waals surface area contributed by atoms with Gasteiger partial charge in [-0.2, -0.15) is 0 Å². The van der Waals surface area contributed by atoms with Gasteiger partial charge in [0.25, 0.3) is 5.92 Å². The molecule has 3 N–H and O–H groups in total. The summed E-state index contributed by atoms with van der Waals surface area (Å²) in [5.41, 5.74) is 5.07. The van der Waals surface area contributed by atoms with E-state index in [0.29, 0.717) is 0 Å². The van der Waals surface area contributed by atoms with E-state index < -0.39 is 34.9 Å². The van der Waals surface area contributed by atoms with Crippen LogP contribution in [0.15, 0.2) is 17.0 Å². The average Bonchev–Trinajstić information content (AvgIpc) is 2.33. The highest BCUT2D eigenvalue weighted by atomic mass is 32.2. The largest absolute Gasteiger partial charge is 0.325 e. The van der Waals surface area contributed by atoms with Crippen molar-refractivity contribution in [2.24, 2.45) is 5.73 Å². The van der Waals surface area contributed by atoms with Crippen LogP contribution in [0.5, 0.6) is 0 Å². The van der Waals surface area contributed by atoms with Crippen LogP contribution in [0.25, 0.3) is 0 Å². The van der Waals surface area contributed by atoms with Crippen molar-refractivity contribution in [3.8, 4) is 0 Å². The highest BCUT2D eigenvalue weighted by Crippen LogP contribution is 2.19. The van der Waals surface area contributed by atoms with Crippen molar-refractivity contribution in [1.82, 2.24) is 4.72 Å². The van der Waals surface area contributed by atoms with E-state index in [4.69, 9.17) is 5.73 Å². The molecule has 0 radical (unpaired) electrons. The van der Waals surface area contributed by atoms with Crippen molar-refractivity contribution in [1.29, 1.82) is 0 Å². The lowest BCUT2D eigenvalue weighted by Gasteiger charge is -2.15. The molecule has 0 amide bonds. The third-order valence-corrected chi connectivity index (χ3v) is 3.92. The van der Waals surface area contributed by atoms with Crippen LogP contribution >= 0.6 is 0 Å². The molecule has 0 aromatic heterocycles. The molecule has 1 rings (SSSR count). The predicted molar refractivity (Wildman–Crippen MR) is 65.1 cm³/mol. The van der Waals surface area contributed by atoms with E-state index in [-0.39, 0.29) is 16.0 Å². The normalized spacial score (nSPS) is 12.7. The smallest absolute Gasteiger partial charge is 0.273 e. The lowest BCUT2D eigenvalue weighted by atomic mass is 10.1. The molecule has 4 nitrogen and oxygen atoms in total. The Hall–Kier alpha value is -1.12. The first-order chi connectivity index (χ1) is 8.59. The molecule has 0 heterocycles. The highest BCUT2D eigenvalue weighted by Gasteiger charge is 2.29. The minimum atomic E-state index is -4.12. The third-order valence-electron chi connectivity index (χ3n) is 2.54. The molecular formula is C11H15F3N2O2S. The van der Waals surface area contributed by atoms with Crippen LogP contribution in [0.1, 0.15) is 11.1 Å². The molecule has 8 heteroatoms. The Morgan fingerprint density at radius 1 is 1.26 bits per heavy atom. The topological polar surface area (TPSA) is 72.2 Å². The van der Waals surface area contributed by atoms with E-state index in [0.717, 1.165) is 12.1 Å². The number of hydrogen-bond donors (Lipinski definition) is 2. The number of benzene rings is 1. The Labute approximate surface area is 109 Å². The molecule has 0 aliphatic heterocycles. The first kappa shape index (κ1) is 15.9. The van der Waals surface area contributed by atoms with Crippen LogP contribution in [0.3, 0.4) is 0 Å². The number of rotatable bonds is 5. The van der Waals surface area contributed by atoms with Gasteiger partial charge in [0.15, 0.2) is 0 Å². The summed E-state index contributed by atoms with van der Waals surface area (Å²) < 4.78 is 64.6. The van der Waals surface area contributed by atoms with Crippen molar-refractivity contribution >= 4 is 10.0 Å². The second-order valence-corrected chi connectivity index (χ2v) is 6.02. The number of aryl methyl sites for hydroxylation is 2. The molecule has 0 aliphatic carbocycles. The van der Waals surface area contributed by atoms with E-state index in [2.05, 4.69) is 0 Å². The summed E-state index contributed by atoms with van der Waals surface area (Å²) in [7, 11) is -4.12. The fourth-order valence-corrected chi connectivity index (χ4v) is 2.65. The maximum Gasteiger partial charge on any atom is 0.273 e. The van der Waals surface area contributed by atoms with Gasteiger partial charge in [-0.05, 0) is 37.1 Å². The Morgan fingerprint density at radius 2 is 1.74 bits per heavy atom. The Morgan fingerprint density at radius 3 is 2.16 bits per heavy atom. The van der Waals surface area contributed by atoms with Crippen LogP contribution in [0.2, 0.25) is 0 Å². The molecule has 0 aliphatic rings. The summed E-state index contributed by atoms with van der Waals surface area (Å²) in [4.78, 5) is -0.253. The SMILES string of the molecule is Cc1cc(S(=O)(=O)NCC(F)(F)CN)cc(C)c1F. The van der Waals surface area contributed by atoms with Gasteiger partial charge in [-0.25, -0.2) is 26.3 Å². The number of alkyl halides is 2. The Kier molecular flexibility index (Phi) is 4.59. The predicted octanol–water partition coefficient (Wildman–Crippen LogP) is 1.31. The van der Waals surface area contributed by atoms with Gasteiger partial charge >= 0.3 is 0 Å². The second-order valence-electron chi connectivity index (χ2n) is 4.26. The number of nitrogens with two attached hydrogens (primary N) is 1. The van der Waals surface area contributed by atoms with E-state index in [1.165, 1.54) is 13.8 Å². The van der Waals surface area contributed by atoms with Gasteiger partial charge in [0.2, 0.25) is 10.0 Å². The lowest BCUT2D eigenvalue weighted by molar-refractivity contribution is 0.0170. The van der Waals surface area contributed by atoms with Gasteiger partial charge < -0.3 is 5.73 Å². The number of halogens is 3. The fraction of sp³-hybridized carbons (Fsp3) is 0.455. The van der Waals surface area contributed by atoms with Gasteiger partial charge in [-0.3, -0.25) is 0 Å². The van der Waals surface area contributed by atoms with E-state index >= 15 is 0 Å². The summed E-state index contributed by atoms with van der Waals surface area (Å²) in [6, 6.07) is 2.18. The molecule has 108 valence electrons. The standard InChI is InChI=1S/C11H15F3N2O2S/c1-7-3-9(4-8(2)10(7)12)19(17,18)16-6-11(13,14)5-15/h3-4,16H,5-6,15H2,1-2H3. The van der Waals surface area contributed by atoms with E-state index in [1.54, 1.807) is 4.72 Å². The molecule has 0 saturated heterocycles. The highest BCUT2D eigenvalue weighted by molar-refractivity contribution is 7.89. The zero-order chi connectivity index (χ0) is 14.8. The molecule has 1 aromatic rings. The maximum atomic E-state index is 13.4. The van der Waals surface area contributed by atoms with Crippen LogP contribution in [-0.4, -0.2) is 27.4 Å². The van der Waals surface area contributed by atoms with Crippen molar-refractivity contribution < 1.29 is 21.6 Å². The van der Waals surface area contributed by atoms with Crippen molar-refractivity contribution in [2.45, 2.75) is 24.7 Å². The summed E-state index contributed by atoms with van der Waals surface area (Å²) in [5, 5.41) is 0. The molecule has 1 aromatic carbocycles. The molecule has 0 fully saturated rings.